The van der Waals surface area contributed by atoms with Crippen molar-refractivity contribution in [1.82, 2.24) is 30.5 Å². The Kier molecular flexibility index (Phi) is 8.33. The first-order chi connectivity index (χ1) is 17.7. The number of carbonyl (C=O) groups is 3. The molecule has 1 aromatic carbocycles. The van der Waals surface area contributed by atoms with E-state index in [1.165, 1.54) is 22.9 Å². The fraction of sp³-hybridized carbons (Fsp3) is 0.238. The molecule has 16 heteroatoms. The fourth-order valence-corrected chi connectivity index (χ4v) is 3.02. The summed E-state index contributed by atoms with van der Waals surface area (Å²) in [5.41, 5.74) is -0.210. The van der Waals surface area contributed by atoms with Gasteiger partial charge in [-0.15, -0.1) is 5.10 Å². The molecule has 3 N–H and O–H groups in total. The van der Waals surface area contributed by atoms with Crippen LogP contribution >= 0.6 is 0 Å². The number of anilines is 1. The maximum Gasteiger partial charge on any atom is 0.417 e. The van der Waals surface area contributed by atoms with Gasteiger partial charge in [0.05, 0.1) is 35.8 Å². The van der Waals surface area contributed by atoms with Gasteiger partial charge in [-0.3, -0.25) is 20.2 Å². The number of carboxylic acid groups (broad SMARTS) is 1. The largest absolute Gasteiger partial charge is 0.480 e. The smallest absolute Gasteiger partial charge is 0.417 e. The van der Waals surface area contributed by atoms with Gasteiger partial charge in [0.2, 0.25) is 0 Å². The molecule has 0 bridgehead atoms. The zero-order valence-electron chi connectivity index (χ0n) is 19.2. The van der Waals surface area contributed by atoms with Crippen molar-refractivity contribution >= 4 is 29.3 Å². The first-order valence-electron chi connectivity index (χ1n) is 10.6. The number of pyridine rings is 1. The zero-order chi connectivity index (χ0) is 26.9. The Labute approximate surface area is 208 Å². The van der Waals surface area contributed by atoms with Crippen molar-refractivity contribution in [2.24, 2.45) is 0 Å². The molecule has 0 fully saturated rings. The summed E-state index contributed by atoms with van der Waals surface area (Å²) in [6, 6.07) is 6.85. The number of hydrogen-bond donors (Lipinski definition) is 3. The van der Waals surface area contributed by atoms with E-state index in [9.17, 15) is 29.6 Å². The molecule has 190 valence electrons. The standard InChI is InChI=1S/C21H19N9O7/c1-2-15(20(32)33)24-19(31)16-10-14(18-26-27-28-29(18)9-3-8-22)17(11-23-16)25-21(34)37-13-6-4-12(5-7-13)30(35)36/h4-7,10-11,15H,2-3,9H2,1H3,(H,24,31)(H,25,34)(H,32,33). The highest BCUT2D eigenvalue weighted by Crippen LogP contribution is 2.27. The van der Waals surface area contributed by atoms with Crippen molar-refractivity contribution in [3.05, 3.63) is 52.3 Å². The molecule has 0 radical (unpaired) electrons. The minimum Gasteiger partial charge on any atom is -0.480 e. The number of nitrogens with zero attached hydrogens (tertiary/aromatic N) is 7. The molecule has 2 aromatic heterocycles. The summed E-state index contributed by atoms with van der Waals surface area (Å²) in [7, 11) is 0. The molecule has 37 heavy (non-hydrogen) atoms. The molecular weight excluding hydrogens is 490 g/mol. The number of aryl methyl sites for hydroxylation is 1. The van der Waals surface area contributed by atoms with E-state index in [1.807, 2.05) is 6.07 Å². The van der Waals surface area contributed by atoms with E-state index in [2.05, 4.69) is 31.1 Å². The molecule has 3 aromatic rings. The Morgan fingerprint density at radius 2 is 2.03 bits per heavy atom. The van der Waals surface area contributed by atoms with Crippen molar-refractivity contribution in [2.75, 3.05) is 5.32 Å². The van der Waals surface area contributed by atoms with Gasteiger partial charge in [0.1, 0.15) is 17.5 Å². The van der Waals surface area contributed by atoms with E-state index < -0.39 is 28.9 Å². The first-order valence-corrected chi connectivity index (χ1v) is 10.6. The fourth-order valence-electron chi connectivity index (χ4n) is 3.02. The number of nitro benzene ring substituents is 1. The topological polar surface area (TPSA) is 228 Å². The lowest BCUT2D eigenvalue weighted by atomic mass is 10.1. The van der Waals surface area contributed by atoms with Gasteiger partial charge >= 0.3 is 12.1 Å². The van der Waals surface area contributed by atoms with Crippen LogP contribution in [0.3, 0.4) is 0 Å². The monoisotopic (exact) mass is 509 g/mol. The van der Waals surface area contributed by atoms with Crippen LogP contribution in [0.5, 0.6) is 5.75 Å². The van der Waals surface area contributed by atoms with E-state index in [0.29, 0.717) is 0 Å². The Morgan fingerprint density at radius 1 is 1.30 bits per heavy atom. The predicted octanol–water partition coefficient (Wildman–Crippen LogP) is 1.76. The number of benzene rings is 1. The average Bonchev–Trinajstić information content (AvgIpc) is 3.34. The van der Waals surface area contributed by atoms with Gasteiger partial charge in [0.15, 0.2) is 5.82 Å². The molecule has 0 saturated heterocycles. The molecule has 1 unspecified atom stereocenters. The van der Waals surface area contributed by atoms with E-state index in [4.69, 9.17) is 10.00 Å². The lowest BCUT2D eigenvalue weighted by Crippen LogP contribution is -2.40. The summed E-state index contributed by atoms with van der Waals surface area (Å²) in [5, 5.41) is 45.0. The van der Waals surface area contributed by atoms with Crippen molar-refractivity contribution in [1.29, 1.82) is 5.26 Å². The van der Waals surface area contributed by atoms with Gasteiger partial charge in [-0.1, -0.05) is 6.92 Å². The van der Waals surface area contributed by atoms with Crippen LogP contribution in [0.2, 0.25) is 0 Å². The van der Waals surface area contributed by atoms with Crippen molar-refractivity contribution in [3.63, 3.8) is 0 Å². The third-order valence-corrected chi connectivity index (χ3v) is 4.85. The number of ether oxygens (including phenoxy) is 1. The van der Waals surface area contributed by atoms with Gasteiger partial charge in [0.25, 0.3) is 11.6 Å². The second-order valence-corrected chi connectivity index (χ2v) is 7.29. The van der Waals surface area contributed by atoms with E-state index in [1.54, 1.807) is 6.92 Å². The molecular formula is C21H19N9O7. The number of non-ortho nitro benzene ring substituents is 1. The zero-order valence-corrected chi connectivity index (χ0v) is 19.2. The van der Waals surface area contributed by atoms with Crippen molar-refractivity contribution in [2.45, 2.75) is 32.4 Å². The normalized spacial score (nSPS) is 11.1. The first kappa shape index (κ1) is 26.2. The predicted molar refractivity (Wildman–Crippen MR) is 123 cm³/mol. The number of rotatable bonds is 10. The summed E-state index contributed by atoms with van der Waals surface area (Å²) >= 11 is 0. The molecule has 3 rings (SSSR count). The minimum absolute atomic E-state index is 0.0201. The third kappa shape index (κ3) is 6.57. The summed E-state index contributed by atoms with van der Waals surface area (Å²) in [6.07, 6.45) is 0.348. The molecule has 1 atom stereocenters. The maximum absolute atomic E-state index is 12.6. The Bertz CT molecular complexity index is 1370. The summed E-state index contributed by atoms with van der Waals surface area (Å²) in [4.78, 5) is 50.6. The van der Waals surface area contributed by atoms with Crippen LogP contribution in [0.15, 0.2) is 36.5 Å². The number of hydrogen-bond acceptors (Lipinski definition) is 11. The van der Waals surface area contributed by atoms with Crippen LogP contribution < -0.4 is 15.4 Å². The lowest BCUT2D eigenvalue weighted by molar-refractivity contribution is -0.384. The molecule has 2 heterocycles. The summed E-state index contributed by atoms with van der Waals surface area (Å²) < 4.78 is 6.42. The molecule has 16 nitrogen and oxygen atoms in total. The number of nitro groups is 1. The van der Waals surface area contributed by atoms with Gasteiger partial charge in [-0.2, -0.15) is 5.26 Å². The number of amides is 2. The van der Waals surface area contributed by atoms with Gasteiger partial charge in [-0.05, 0) is 35.0 Å². The van der Waals surface area contributed by atoms with Gasteiger partial charge in [-0.25, -0.2) is 19.3 Å². The van der Waals surface area contributed by atoms with Crippen molar-refractivity contribution < 1.29 is 29.2 Å². The number of aliphatic carboxylic acids is 1. The van der Waals surface area contributed by atoms with Crippen LogP contribution in [-0.4, -0.2) is 59.2 Å². The number of tetrazole rings is 1. The number of carbonyl (C=O) groups excluding carboxylic acids is 2. The van der Waals surface area contributed by atoms with Crippen molar-refractivity contribution in [3.8, 4) is 23.2 Å². The van der Waals surface area contributed by atoms with Crippen LogP contribution in [0.25, 0.3) is 11.4 Å². The molecule has 0 aliphatic rings. The Balaban J connectivity index is 1.91. The number of aromatic nitrogens is 5. The third-order valence-electron chi connectivity index (χ3n) is 4.85. The molecule has 2 amide bonds. The second-order valence-electron chi connectivity index (χ2n) is 7.29. The van der Waals surface area contributed by atoms with E-state index in [0.717, 1.165) is 18.3 Å². The van der Waals surface area contributed by atoms with Gasteiger partial charge in [0, 0.05) is 17.7 Å². The quantitative estimate of drug-likeness (QED) is 0.262. The van der Waals surface area contributed by atoms with Gasteiger partial charge < -0.3 is 15.2 Å². The Morgan fingerprint density at radius 3 is 2.65 bits per heavy atom. The van der Waals surface area contributed by atoms with Crippen LogP contribution in [-0.2, 0) is 11.3 Å². The summed E-state index contributed by atoms with van der Waals surface area (Å²) in [5.74, 6) is -1.90. The number of nitriles is 1. The highest BCUT2D eigenvalue weighted by molar-refractivity contribution is 5.98. The lowest BCUT2D eigenvalue weighted by Gasteiger charge is -2.14. The molecule has 0 aliphatic heterocycles. The average molecular weight is 509 g/mol. The van der Waals surface area contributed by atoms with Crippen LogP contribution in [0, 0.1) is 21.4 Å². The number of nitrogens with one attached hydrogen (secondary N) is 2. The SMILES string of the molecule is CCC(NC(=O)c1cc(-c2nnnn2CCC#N)c(NC(=O)Oc2ccc([N+](=O)[O-])cc2)cn1)C(=O)O. The molecule has 0 saturated carbocycles. The van der Waals surface area contributed by atoms with E-state index in [-0.39, 0.29) is 53.6 Å². The molecule has 0 spiro atoms. The minimum atomic E-state index is -1.22. The maximum atomic E-state index is 12.6. The highest BCUT2D eigenvalue weighted by atomic mass is 16.6. The van der Waals surface area contributed by atoms with Crippen LogP contribution in [0.1, 0.15) is 30.3 Å². The summed E-state index contributed by atoms with van der Waals surface area (Å²) in [6.45, 7) is 1.69. The van der Waals surface area contributed by atoms with Crippen LogP contribution in [0.4, 0.5) is 16.2 Å². The molecule has 0 aliphatic carbocycles. The second kappa shape index (κ2) is 11.8. The Hall–Kier alpha value is -5.46. The number of carboxylic acids is 1. The highest BCUT2D eigenvalue weighted by Gasteiger charge is 2.23. The van der Waals surface area contributed by atoms with E-state index >= 15 is 0 Å².